The van der Waals surface area contributed by atoms with Crippen molar-refractivity contribution in [1.29, 1.82) is 0 Å². The molecule has 0 saturated heterocycles. The molecule has 0 spiro atoms. The van der Waals surface area contributed by atoms with E-state index in [1.807, 2.05) is 25.1 Å². The average Bonchev–Trinajstić information content (AvgIpc) is 2.44. The summed E-state index contributed by atoms with van der Waals surface area (Å²) in [4.78, 5) is 14.7. The van der Waals surface area contributed by atoms with Crippen LogP contribution in [-0.4, -0.2) is 17.0 Å². The maximum atomic E-state index is 10.8. The highest BCUT2D eigenvalue weighted by Gasteiger charge is 2.11. The average molecular weight is 273 g/mol. The normalized spacial score (nSPS) is 10.1. The van der Waals surface area contributed by atoms with Crippen molar-refractivity contribution in [2.24, 2.45) is 0 Å². The van der Waals surface area contributed by atoms with Crippen LogP contribution in [0.5, 0.6) is 5.75 Å². The zero-order chi connectivity index (χ0) is 14.5. The SMILES string of the molecule is COc1ccc([N+](=O)[O-])cc1CNc1cccc(C)n1. The van der Waals surface area contributed by atoms with Crippen LogP contribution in [0.1, 0.15) is 11.3 Å². The second-order valence-corrected chi connectivity index (χ2v) is 4.27. The number of benzene rings is 1. The fourth-order valence-corrected chi connectivity index (χ4v) is 1.84. The van der Waals surface area contributed by atoms with Crippen molar-refractivity contribution in [3.05, 3.63) is 57.8 Å². The van der Waals surface area contributed by atoms with Crippen molar-refractivity contribution in [1.82, 2.24) is 4.98 Å². The van der Waals surface area contributed by atoms with Gasteiger partial charge in [-0.2, -0.15) is 0 Å². The van der Waals surface area contributed by atoms with E-state index in [1.54, 1.807) is 6.07 Å². The van der Waals surface area contributed by atoms with Gasteiger partial charge in [0.25, 0.3) is 5.69 Å². The Hall–Kier alpha value is -2.63. The smallest absolute Gasteiger partial charge is 0.270 e. The van der Waals surface area contributed by atoms with Crippen molar-refractivity contribution >= 4 is 11.5 Å². The molecule has 0 aliphatic heterocycles. The molecular formula is C14H15N3O3. The lowest BCUT2D eigenvalue weighted by Gasteiger charge is -2.10. The summed E-state index contributed by atoms with van der Waals surface area (Å²) in [6.07, 6.45) is 0. The van der Waals surface area contributed by atoms with Gasteiger partial charge in [-0.05, 0) is 25.1 Å². The number of anilines is 1. The molecule has 6 heteroatoms. The van der Waals surface area contributed by atoms with Crippen LogP contribution >= 0.6 is 0 Å². The zero-order valence-electron chi connectivity index (χ0n) is 11.3. The number of pyridine rings is 1. The van der Waals surface area contributed by atoms with Crippen molar-refractivity contribution in [3.63, 3.8) is 0 Å². The Labute approximate surface area is 116 Å². The first kappa shape index (κ1) is 13.8. The summed E-state index contributed by atoms with van der Waals surface area (Å²) in [6.45, 7) is 2.31. The van der Waals surface area contributed by atoms with Gasteiger partial charge in [-0.25, -0.2) is 4.98 Å². The predicted molar refractivity (Wildman–Crippen MR) is 75.9 cm³/mol. The van der Waals surface area contributed by atoms with E-state index < -0.39 is 4.92 Å². The number of nitro groups is 1. The van der Waals surface area contributed by atoms with E-state index >= 15 is 0 Å². The largest absolute Gasteiger partial charge is 0.496 e. The van der Waals surface area contributed by atoms with Gasteiger partial charge in [-0.3, -0.25) is 10.1 Å². The van der Waals surface area contributed by atoms with Gasteiger partial charge in [0.1, 0.15) is 11.6 Å². The number of nitrogens with one attached hydrogen (secondary N) is 1. The van der Waals surface area contributed by atoms with Crippen molar-refractivity contribution in [3.8, 4) is 5.75 Å². The minimum absolute atomic E-state index is 0.0415. The molecule has 0 unspecified atom stereocenters. The molecular weight excluding hydrogens is 258 g/mol. The molecule has 0 bridgehead atoms. The molecule has 0 aliphatic carbocycles. The molecule has 0 fully saturated rings. The Kier molecular flexibility index (Phi) is 4.14. The topological polar surface area (TPSA) is 77.3 Å². The number of aromatic nitrogens is 1. The van der Waals surface area contributed by atoms with Gasteiger partial charge in [-0.15, -0.1) is 0 Å². The van der Waals surface area contributed by atoms with Gasteiger partial charge < -0.3 is 10.1 Å². The highest BCUT2D eigenvalue weighted by molar-refractivity contribution is 5.46. The van der Waals surface area contributed by atoms with E-state index in [1.165, 1.54) is 19.2 Å². The third-order valence-corrected chi connectivity index (χ3v) is 2.82. The first-order chi connectivity index (χ1) is 9.60. The fraction of sp³-hybridized carbons (Fsp3) is 0.214. The van der Waals surface area contributed by atoms with E-state index in [2.05, 4.69) is 10.3 Å². The Morgan fingerprint density at radius 1 is 1.35 bits per heavy atom. The quantitative estimate of drug-likeness (QED) is 0.669. The van der Waals surface area contributed by atoms with Crippen LogP contribution in [0.4, 0.5) is 11.5 Å². The zero-order valence-corrected chi connectivity index (χ0v) is 11.3. The maximum absolute atomic E-state index is 10.8. The van der Waals surface area contributed by atoms with Gasteiger partial charge in [0, 0.05) is 29.9 Å². The summed E-state index contributed by atoms with van der Waals surface area (Å²) in [5.74, 6) is 1.33. The monoisotopic (exact) mass is 273 g/mol. The number of rotatable bonds is 5. The van der Waals surface area contributed by atoms with E-state index in [9.17, 15) is 10.1 Å². The number of aryl methyl sites for hydroxylation is 1. The predicted octanol–water partition coefficient (Wildman–Crippen LogP) is 2.92. The molecule has 1 heterocycles. The molecule has 20 heavy (non-hydrogen) atoms. The fourth-order valence-electron chi connectivity index (χ4n) is 1.84. The summed E-state index contributed by atoms with van der Waals surface area (Å²) in [5, 5.41) is 13.9. The lowest BCUT2D eigenvalue weighted by Crippen LogP contribution is -2.04. The van der Waals surface area contributed by atoms with E-state index in [-0.39, 0.29) is 5.69 Å². The Balaban J connectivity index is 2.19. The molecule has 1 aromatic carbocycles. The number of hydrogen-bond acceptors (Lipinski definition) is 5. The molecule has 0 saturated carbocycles. The highest BCUT2D eigenvalue weighted by atomic mass is 16.6. The van der Waals surface area contributed by atoms with Crippen LogP contribution in [0.25, 0.3) is 0 Å². The van der Waals surface area contributed by atoms with Crippen LogP contribution in [0.15, 0.2) is 36.4 Å². The van der Waals surface area contributed by atoms with Gasteiger partial charge in [0.15, 0.2) is 0 Å². The summed E-state index contributed by atoms with van der Waals surface area (Å²) in [7, 11) is 1.54. The lowest BCUT2D eigenvalue weighted by atomic mass is 10.1. The minimum atomic E-state index is -0.423. The van der Waals surface area contributed by atoms with Crippen LogP contribution in [0, 0.1) is 17.0 Å². The Bertz CT molecular complexity index is 629. The van der Waals surface area contributed by atoms with Crippen molar-refractivity contribution in [2.75, 3.05) is 12.4 Å². The Morgan fingerprint density at radius 2 is 2.15 bits per heavy atom. The number of methoxy groups -OCH3 is 1. The number of nitrogens with zero attached hydrogens (tertiary/aromatic N) is 2. The minimum Gasteiger partial charge on any atom is -0.496 e. The summed E-state index contributed by atoms with van der Waals surface area (Å²) < 4.78 is 5.21. The molecule has 0 amide bonds. The number of ether oxygens (including phenoxy) is 1. The van der Waals surface area contributed by atoms with Gasteiger partial charge in [0.2, 0.25) is 0 Å². The molecule has 2 rings (SSSR count). The first-order valence-corrected chi connectivity index (χ1v) is 6.09. The molecule has 0 radical (unpaired) electrons. The van der Waals surface area contributed by atoms with E-state index in [4.69, 9.17) is 4.74 Å². The number of non-ortho nitro benzene ring substituents is 1. The first-order valence-electron chi connectivity index (χ1n) is 6.09. The number of nitro benzene ring substituents is 1. The van der Waals surface area contributed by atoms with Crippen LogP contribution < -0.4 is 10.1 Å². The molecule has 2 aromatic rings. The van der Waals surface area contributed by atoms with Gasteiger partial charge in [0.05, 0.1) is 12.0 Å². The van der Waals surface area contributed by atoms with Gasteiger partial charge in [-0.1, -0.05) is 6.07 Å². The standard InChI is InChI=1S/C14H15N3O3/c1-10-4-3-5-14(16-10)15-9-11-8-12(17(18)19)6-7-13(11)20-2/h3-8H,9H2,1-2H3,(H,15,16). The van der Waals surface area contributed by atoms with E-state index in [0.717, 1.165) is 11.5 Å². The third-order valence-electron chi connectivity index (χ3n) is 2.82. The second-order valence-electron chi connectivity index (χ2n) is 4.27. The van der Waals surface area contributed by atoms with Crippen molar-refractivity contribution < 1.29 is 9.66 Å². The highest BCUT2D eigenvalue weighted by Crippen LogP contribution is 2.24. The second kappa shape index (κ2) is 6.01. The van der Waals surface area contributed by atoms with Crippen LogP contribution in [-0.2, 0) is 6.54 Å². The summed E-state index contributed by atoms with van der Waals surface area (Å²) >= 11 is 0. The lowest BCUT2D eigenvalue weighted by molar-refractivity contribution is -0.384. The molecule has 1 N–H and O–H groups in total. The summed E-state index contributed by atoms with van der Waals surface area (Å²) in [6, 6.07) is 10.2. The Morgan fingerprint density at radius 3 is 2.80 bits per heavy atom. The van der Waals surface area contributed by atoms with Crippen molar-refractivity contribution in [2.45, 2.75) is 13.5 Å². The maximum Gasteiger partial charge on any atom is 0.270 e. The summed E-state index contributed by atoms with van der Waals surface area (Å²) in [5.41, 5.74) is 1.66. The number of hydrogen-bond donors (Lipinski definition) is 1. The van der Waals surface area contributed by atoms with E-state index in [0.29, 0.717) is 17.9 Å². The molecule has 0 aliphatic rings. The van der Waals surface area contributed by atoms with Crippen LogP contribution in [0.2, 0.25) is 0 Å². The third kappa shape index (κ3) is 3.23. The molecule has 1 aromatic heterocycles. The van der Waals surface area contributed by atoms with Crippen LogP contribution in [0.3, 0.4) is 0 Å². The molecule has 0 atom stereocenters. The molecule has 6 nitrogen and oxygen atoms in total. The van der Waals surface area contributed by atoms with Gasteiger partial charge >= 0.3 is 0 Å². The molecule has 104 valence electrons.